The van der Waals surface area contributed by atoms with E-state index in [-0.39, 0.29) is 5.54 Å². The van der Waals surface area contributed by atoms with E-state index >= 15 is 0 Å². The van der Waals surface area contributed by atoms with Gasteiger partial charge in [-0.15, -0.1) is 0 Å². The van der Waals surface area contributed by atoms with Crippen molar-refractivity contribution in [1.29, 1.82) is 0 Å². The second kappa shape index (κ2) is 4.00. The van der Waals surface area contributed by atoms with Gasteiger partial charge in [0.05, 0.1) is 11.2 Å². The maximum absolute atomic E-state index is 5.80. The van der Waals surface area contributed by atoms with Crippen LogP contribution in [0.3, 0.4) is 0 Å². The molecule has 1 aromatic carbocycles. The molecule has 0 amide bonds. The third kappa shape index (κ3) is 2.49. The van der Waals surface area contributed by atoms with Crippen molar-refractivity contribution in [2.45, 2.75) is 39.7 Å². The Kier molecular flexibility index (Phi) is 2.83. The molecule has 88 valence electrons. The summed E-state index contributed by atoms with van der Waals surface area (Å²) in [6.07, 6.45) is 1.11. The van der Waals surface area contributed by atoms with Crippen LogP contribution in [-0.2, 0) is 6.42 Å². The second-order valence-corrected chi connectivity index (χ2v) is 5.73. The molecule has 0 spiro atoms. The molecule has 2 nitrogen and oxygen atoms in total. The molecule has 0 atom stereocenters. The fourth-order valence-corrected chi connectivity index (χ4v) is 2.05. The Labute approximate surface area is 98.0 Å². The molecule has 1 heterocycles. The maximum atomic E-state index is 5.80. The van der Waals surface area contributed by atoms with Crippen LogP contribution in [0.2, 0.25) is 0 Å². The number of rotatable bonds is 2. The highest BCUT2D eigenvalue weighted by molar-refractivity contribution is 5.60. The van der Waals surface area contributed by atoms with Crippen LogP contribution in [0.4, 0.5) is 5.69 Å². The zero-order chi connectivity index (χ0) is 11.8. The largest absolute Gasteiger partial charge is 0.489 e. The highest BCUT2D eigenvalue weighted by atomic mass is 16.5. The first-order valence-electron chi connectivity index (χ1n) is 6.00. The molecule has 2 heteroatoms. The number of nitrogens with one attached hydrogen (secondary N) is 1. The van der Waals surface area contributed by atoms with Gasteiger partial charge in [-0.05, 0) is 43.9 Å². The van der Waals surface area contributed by atoms with Crippen LogP contribution in [-0.4, -0.2) is 12.1 Å². The standard InChI is InChI=1S/C14H21NO/c1-10(2)7-11-5-6-12-13(8-11)16-9-14(3,4)15-12/h5-6,8,10,15H,7,9H2,1-4H3. The SMILES string of the molecule is CC(C)Cc1ccc2c(c1)OCC(C)(C)N2. The number of hydrogen-bond acceptors (Lipinski definition) is 2. The van der Waals surface area contributed by atoms with Crippen LogP contribution in [0.1, 0.15) is 33.3 Å². The average Bonchev–Trinajstić information content (AvgIpc) is 2.16. The van der Waals surface area contributed by atoms with E-state index in [0.29, 0.717) is 5.92 Å². The number of ether oxygens (including phenoxy) is 1. The van der Waals surface area contributed by atoms with Crippen LogP contribution >= 0.6 is 0 Å². The molecule has 1 aliphatic heterocycles. The predicted octanol–water partition coefficient (Wildman–Crippen LogP) is 3.47. The number of hydrogen-bond donors (Lipinski definition) is 1. The van der Waals surface area contributed by atoms with E-state index in [1.807, 2.05) is 0 Å². The first kappa shape index (κ1) is 11.3. The van der Waals surface area contributed by atoms with Gasteiger partial charge in [-0.2, -0.15) is 0 Å². The number of anilines is 1. The summed E-state index contributed by atoms with van der Waals surface area (Å²) >= 11 is 0. The van der Waals surface area contributed by atoms with E-state index in [4.69, 9.17) is 4.74 Å². The molecule has 0 fully saturated rings. The van der Waals surface area contributed by atoms with Crippen molar-refractivity contribution in [3.63, 3.8) is 0 Å². The van der Waals surface area contributed by atoms with Crippen LogP contribution in [0.25, 0.3) is 0 Å². The van der Waals surface area contributed by atoms with Gasteiger partial charge in [0, 0.05) is 0 Å². The molecular weight excluding hydrogens is 198 g/mol. The molecule has 0 unspecified atom stereocenters. The van der Waals surface area contributed by atoms with E-state index in [0.717, 1.165) is 24.5 Å². The minimum atomic E-state index is 0.0343. The maximum Gasteiger partial charge on any atom is 0.142 e. The summed E-state index contributed by atoms with van der Waals surface area (Å²) in [5, 5.41) is 3.49. The van der Waals surface area contributed by atoms with Crippen molar-refractivity contribution in [2.24, 2.45) is 5.92 Å². The minimum Gasteiger partial charge on any atom is -0.489 e. The van der Waals surface area contributed by atoms with Crippen LogP contribution in [0.5, 0.6) is 5.75 Å². The second-order valence-electron chi connectivity index (χ2n) is 5.73. The summed E-state index contributed by atoms with van der Waals surface area (Å²) in [5.74, 6) is 1.68. The van der Waals surface area contributed by atoms with Crippen molar-refractivity contribution in [2.75, 3.05) is 11.9 Å². The summed E-state index contributed by atoms with van der Waals surface area (Å²) in [5.41, 5.74) is 2.51. The fourth-order valence-electron chi connectivity index (χ4n) is 2.05. The first-order valence-corrected chi connectivity index (χ1v) is 6.00. The van der Waals surface area contributed by atoms with E-state index in [9.17, 15) is 0 Å². The van der Waals surface area contributed by atoms with Crippen LogP contribution in [0, 0.1) is 5.92 Å². The van der Waals surface area contributed by atoms with Gasteiger partial charge in [-0.3, -0.25) is 0 Å². The molecule has 0 saturated carbocycles. The van der Waals surface area contributed by atoms with Gasteiger partial charge in [0.1, 0.15) is 12.4 Å². The molecular formula is C14H21NO. The quantitative estimate of drug-likeness (QED) is 0.822. The molecule has 0 saturated heterocycles. The summed E-state index contributed by atoms with van der Waals surface area (Å²) in [6, 6.07) is 6.49. The van der Waals surface area contributed by atoms with Gasteiger partial charge in [-0.1, -0.05) is 19.9 Å². The van der Waals surface area contributed by atoms with Gasteiger partial charge >= 0.3 is 0 Å². The average molecular weight is 219 g/mol. The highest BCUT2D eigenvalue weighted by Gasteiger charge is 2.25. The van der Waals surface area contributed by atoms with Crippen molar-refractivity contribution >= 4 is 5.69 Å². The Balaban J connectivity index is 2.21. The topological polar surface area (TPSA) is 21.3 Å². The van der Waals surface area contributed by atoms with Crippen molar-refractivity contribution in [3.8, 4) is 5.75 Å². The Morgan fingerprint density at radius 2 is 2.12 bits per heavy atom. The van der Waals surface area contributed by atoms with E-state index in [1.165, 1.54) is 5.56 Å². The molecule has 0 radical (unpaired) electrons. The summed E-state index contributed by atoms with van der Waals surface area (Å²) in [7, 11) is 0. The van der Waals surface area contributed by atoms with Gasteiger partial charge in [0.15, 0.2) is 0 Å². The molecule has 0 aromatic heterocycles. The van der Waals surface area contributed by atoms with Crippen LogP contribution in [0.15, 0.2) is 18.2 Å². The summed E-state index contributed by atoms with van der Waals surface area (Å²) in [6.45, 7) is 9.50. The Bertz CT molecular complexity index is 382. The van der Waals surface area contributed by atoms with Crippen LogP contribution < -0.4 is 10.1 Å². The third-order valence-corrected chi connectivity index (χ3v) is 2.75. The van der Waals surface area contributed by atoms with Gasteiger partial charge in [0.2, 0.25) is 0 Å². The molecule has 0 aliphatic carbocycles. The smallest absolute Gasteiger partial charge is 0.142 e. The Morgan fingerprint density at radius 1 is 1.38 bits per heavy atom. The number of benzene rings is 1. The zero-order valence-corrected chi connectivity index (χ0v) is 10.6. The van der Waals surface area contributed by atoms with Crippen molar-refractivity contribution < 1.29 is 4.74 Å². The van der Waals surface area contributed by atoms with E-state index in [2.05, 4.69) is 51.2 Å². The van der Waals surface area contributed by atoms with Gasteiger partial charge in [0.25, 0.3) is 0 Å². The number of fused-ring (bicyclic) bond motifs is 1. The summed E-state index contributed by atoms with van der Waals surface area (Å²) < 4.78 is 5.80. The normalized spacial score (nSPS) is 17.6. The predicted molar refractivity (Wildman–Crippen MR) is 68.2 cm³/mol. The van der Waals surface area contributed by atoms with E-state index < -0.39 is 0 Å². The molecule has 1 aliphatic rings. The lowest BCUT2D eigenvalue weighted by molar-refractivity contribution is 0.242. The lowest BCUT2D eigenvalue weighted by Crippen LogP contribution is -2.40. The van der Waals surface area contributed by atoms with Crippen molar-refractivity contribution in [1.82, 2.24) is 0 Å². The highest BCUT2D eigenvalue weighted by Crippen LogP contribution is 2.33. The van der Waals surface area contributed by atoms with Crippen molar-refractivity contribution in [3.05, 3.63) is 23.8 Å². The van der Waals surface area contributed by atoms with E-state index in [1.54, 1.807) is 0 Å². The molecule has 1 N–H and O–H groups in total. The lowest BCUT2D eigenvalue weighted by Gasteiger charge is -2.33. The molecule has 16 heavy (non-hydrogen) atoms. The Morgan fingerprint density at radius 3 is 2.81 bits per heavy atom. The fraction of sp³-hybridized carbons (Fsp3) is 0.571. The summed E-state index contributed by atoms with van der Waals surface area (Å²) in [4.78, 5) is 0. The Hall–Kier alpha value is -1.18. The van der Waals surface area contributed by atoms with Gasteiger partial charge in [-0.25, -0.2) is 0 Å². The molecule has 1 aromatic rings. The zero-order valence-electron chi connectivity index (χ0n) is 10.6. The molecule has 0 bridgehead atoms. The van der Waals surface area contributed by atoms with Gasteiger partial charge < -0.3 is 10.1 Å². The lowest BCUT2D eigenvalue weighted by atomic mass is 10.00. The third-order valence-electron chi connectivity index (χ3n) is 2.75. The minimum absolute atomic E-state index is 0.0343. The first-order chi connectivity index (χ1) is 7.46. The monoisotopic (exact) mass is 219 g/mol. The molecule has 2 rings (SSSR count).